The molecular formula is C17H13NO3S2. The molecule has 0 saturated carbocycles. The summed E-state index contributed by atoms with van der Waals surface area (Å²) in [5, 5.41) is 11.0. The Morgan fingerprint density at radius 1 is 1.22 bits per heavy atom. The number of aliphatic carboxylic acids is 1. The number of nitrogens with zero attached hydrogens (tertiary/aromatic N) is 1. The number of benzene rings is 2. The van der Waals surface area contributed by atoms with Gasteiger partial charge in [0.05, 0.1) is 11.3 Å². The number of carboxylic acid groups (broad SMARTS) is 1. The summed E-state index contributed by atoms with van der Waals surface area (Å²) in [6.07, 6.45) is 1.68. The highest BCUT2D eigenvalue weighted by atomic mass is 32.2. The molecule has 1 saturated heterocycles. The number of carbonyl (C=O) groups excluding carboxylic acids is 1. The van der Waals surface area contributed by atoms with Crippen molar-refractivity contribution < 1.29 is 14.7 Å². The largest absolute Gasteiger partial charge is 0.481 e. The lowest BCUT2D eigenvalue weighted by atomic mass is 10.1. The van der Waals surface area contributed by atoms with Crippen LogP contribution in [0.25, 0.3) is 16.8 Å². The van der Waals surface area contributed by atoms with Crippen LogP contribution in [0.5, 0.6) is 0 Å². The van der Waals surface area contributed by atoms with Crippen LogP contribution in [0.1, 0.15) is 12.0 Å². The van der Waals surface area contributed by atoms with Gasteiger partial charge in [-0.15, -0.1) is 0 Å². The minimum absolute atomic E-state index is 0.106. The lowest BCUT2D eigenvalue weighted by Gasteiger charge is -2.12. The Balaban J connectivity index is 1.85. The summed E-state index contributed by atoms with van der Waals surface area (Å²) in [5.41, 5.74) is 0.919. The monoisotopic (exact) mass is 343 g/mol. The molecule has 4 nitrogen and oxygen atoms in total. The predicted octanol–water partition coefficient (Wildman–Crippen LogP) is 3.52. The van der Waals surface area contributed by atoms with E-state index in [-0.39, 0.29) is 18.9 Å². The van der Waals surface area contributed by atoms with Crippen LogP contribution >= 0.6 is 24.0 Å². The van der Waals surface area contributed by atoms with Crippen molar-refractivity contribution in [2.24, 2.45) is 0 Å². The molecule has 1 aliphatic rings. The topological polar surface area (TPSA) is 57.6 Å². The van der Waals surface area contributed by atoms with E-state index < -0.39 is 5.97 Å². The number of rotatable bonds is 4. The van der Waals surface area contributed by atoms with Crippen LogP contribution in [0, 0.1) is 0 Å². The van der Waals surface area contributed by atoms with Gasteiger partial charge in [-0.3, -0.25) is 14.5 Å². The molecule has 1 N–H and O–H groups in total. The number of fused-ring (bicyclic) bond motifs is 1. The normalized spacial score (nSPS) is 16.5. The molecule has 23 heavy (non-hydrogen) atoms. The van der Waals surface area contributed by atoms with E-state index in [2.05, 4.69) is 0 Å². The van der Waals surface area contributed by atoms with Gasteiger partial charge >= 0.3 is 5.97 Å². The number of carboxylic acids is 1. The van der Waals surface area contributed by atoms with Gasteiger partial charge in [-0.05, 0) is 28.5 Å². The Labute approximate surface area is 142 Å². The number of amides is 1. The molecule has 0 aliphatic carbocycles. The van der Waals surface area contributed by atoms with Crippen molar-refractivity contribution in [2.45, 2.75) is 6.42 Å². The van der Waals surface area contributed by atoms with E-state index in [1.807, 2.05) is 42.5 Å². The van der Waals surface area contributed by atoms with E-state index in [0.29, 0.717) is 9.23 Å². The Bertz CT molecular complexity index is 845. The van der Waals surface area contributed by atoms with Crippen molar-refractivity contribution in [2.75, 3.05) is 6.54 Å². The zero-order chi connectivity index (χ0) is 16.4. The second-order valence-electron chi connectivity index (χ2n) is 5.08. The van der Waals surface area contributed by atoms with Gasteiger partial charge in [0.1, 0.15) is 4.32 Å². The maximum absolute atomic E-state index is 12.4. The molecular weight excluding hydrogens is 330 g/mol. The zero-order valence-corrected chi connectivity index (χ0v) is 13.7. The summed E-state index contributed by atoms with van der Waals surface area (Å²) in [6, 6.07) is 14.0. The summed E-state index contributed by atoms with van der Waals surface area (Å²) in [5.74, 6) is -1.17. The highest BCUT2D eigenvalue weighted by Crippen LogP contribution is 2.33. The van der Waals surface area contributed by atoms with Crippen molar-refractivity contribution >= 4 is 57.0 Å². The van der Waals surface area contributed by atoms with Gasteiger partial charge in [-0.1, -0.05) is 60.4 Å². The van der Waals surface area contributed by atoms with Crippen molar-refractivity contribution in [3.8, 4) is 0 Å². The first-order chi connectivity index (χ1) is 11.0. The first-order valence-electron chi connectivity index (χ1n) is 7.00. The highest BCUT2D eigenvalue weighted by Gasteiger charge is 2.31. The number of hydrogen-bond acceptors (Lipinski definition) is 4. The van der Waals surface area contributed by atoms with Crippen molar-refractivity contribution in [3.05, 3.63) is 52.9 Å². The molecule has 0 spiro atoms. The van der Waals surface area contributed by atoms with Gasteiger partial charge in [0.15, 0.2) is 0 Å². The number of thioether (sulfide) groups is 1. The Hall–Kier alpha value is -2.18. The molecule has 2 aromatic carbocycles. The lowest BCUT2D eigenvalue weighted by Crippen LogP contribution is -2.30. The fraction of sp³-hybridized carbons (Fsp3) is 0.118. The van der Waals surface area contributed by atoms with E-state index in [9.17, 15) is 9.59 Å². The number of carbonyl (C=O) groups is 2. The number of thiocarbonyl (C=S) groups is 1. The van der Waals surface area contributed by atoms with E-state index >= 15 is 0 Å². The van der Waals surface area contributed by atoms with Gasteiger partial charge in [0, 0.05) is 6.54 Å². The van der Waals surface area contributed by atoms with Crippen molar-refractivity contribution in [1.82, 2.24) is 4.90 Å². The summed E-state index contributed by atoms with van der Waals surface area (Å²) in [6.45, 7) is 0.106. The van der Waals surface area contributed by atoms with Gasteiger partial charge in [-0.2, -0.15) is 0 Å². The molecule has 3 rings (SSSR count). The standard InChI is InChI=1S/C17H13NO3S2/c19-15(20)7-8-18-16(21)14(23-17(18)22)10-11-5-6-12-3-1-2-4-13(12)9-11/h1-6,9-10H,7-8H2,(H,19,20)/b14-10-. The third-order valence-corrected chi connectivity index (χ3v) is 4.87. The third-order valence-electron chi connectivity index (χ3n) is 3.49. The van der Waals surface area contributed by atoms with Crippen LogP contribution in [-0.2, 0) is 9.59 Å². The first kappa shape index (κ1) is 15.7. The van der Waals surface area contributed by atoms with Crippen molar-refractivity contribution in [1.29, 1.82) is 0 Å². The summed E-state index contributed by atoms with van der Waals surface area (Å²) >= 11 is 6.38. The molecule has 116 valence electrons. The van der Waals surface area contributed by atoms with E-state index in [1.54, 1.807) is 6.08 Å². The Kier molecular flexibility index (Phi) is 4.45. The average Bonchev–Trinajstić information content (AvgIpc) is 2.79. The Morgan fingerprint density at radius 2 is 1.96 bits per heavy atom. The van der Waals surface area contributed by atoms with Crippen LogP contribution in [0.3, 0.4) is 0 Å². The SMILES string of the molecule is O=C(O)CCN1C(=O)/C(=C/c2ccc3ccccc3c2)SC1=S. The molecule has 0 bridgehead atoms. The molecule has 1 heterocycles. The van der Waals surface area contributed by atoms with Crippen molar-refractivity contribution in [3.63, 3.8) is 0 Å². The quantitative estimate of drug-likeness (QED) is 0.680. The lowest BCUT2D eigenvalue weighted by molar-refractivity contribution is -0.137. The van der Waals surface area contributed by atoms with Gasteiger partial charge in [-0.25, -0.2) is 0 Å². The van der Waals surface area contributed by atoms with Gasteiger partial charge in [0.2, 0.25) is 0 Å². The van der Waals surface area contributed by atoms with Crippen LogP contribution in [0.4, 0.5) is 0 Å². The zero-order valence-electron chi connectivity index (χ0n) is 12.1. The molecule has 2 aromatic rings. The second kappa shape index (κ2) is 6.52. The fourth-order valence-electron chi connectivity index (χ4n) is 2.35. The van der Waals surface area contributed by atoms with E-state index in [0.717, 1.165) is 16.3 Å². The average molecular weight is 343 g/mol. The summed E-state index contributed by atoms with van der Waals surface area (Å²) < 4.78 is 0.406. The van der Waals surface area contributed by atoms with Gasteiger partial charge in [0.25, 0.3) is 5.91 Å². The minimum Gasteiger partial charge on any atom is -0.481 e. The van der Waals surface area contributed by atoms with Crippen LogP contribution in [0.15, 0.2) is 47.4 Å². The van der Waals surface area contributed by atoms with Gasteiger partial charge < -0.3 is 5.11 Å². The molecule has 1 aliphatic heterocycles. The smallest absolute Gasteiger partial charge is 0.305 e. The maximum Gasteiger partial charge on any atom is 0.305 e. The number of hydrogen-bond donors (Lipinski definition) is 1. The minimum atomic E-state index is -0.947. The van der Waals surface area contributed by atoms with Crippen LogP contribution < -0.4 is 0 Å². The Morgan fingerprint density at radius 3 is 2.70 bits per heavy atom. The fourth-order valence-corrected chi connectivity index (χ4v) is 3.66. The van der Waals surface area contributed by atoms with Crippen LogP contribution in [0.2, 0.25) is 0 Å². The third kappa shape index (κ3) is 3.43. The first-order valence-corrected chi connectivity index (χ1v) is 8.23. The molecule has 0 aromatic heterocycles. The summed E-state index contributed by atoms with van der Waals surface area (Å²) in [4.78, 5) is 24.9. The summed E-state index contributed by atoms with van der Waals surface area (Å²) in [7, 11) is 0. The molecule has 0 unspecified atom stereocenters. The second-order valence-corrected chi connectivity index (χ2v) is 6.76. The van der Waals surface area contributed by atoms with Crippen LogP contribution in [-0.4, -0.2) is 32.7 Å². The molecule has 0 radical (unpaired) electrons. The van der Waals surface area contributed by atoms with E-state index in [4.69, 9.17) is 17.3 Å². The maximum atomic E-state index is 12.4. The predicted molar refractivity (Wildman–Crippen MR) is 96.1 cm³/mol. The molecule has 1 fully saturated rings. The molecule has 0 atom stereocenters. The molecule has 1 amide bonds. The molecule has 6 heteroatoms. The van der Waals surface area contributed by atoms with E-state index in [1.165, 1.54) is 16.7 Å². The highest BCUT2D eigenvalue weighted by molar-refractivity contribution is 8.26.